The molecule has 2 aliphatic heterocycles. The van der Waals surface area contributed by atoms with E-state index in [4.69, 9.17) is 4.98 Å². The number of anilines is 1. The van der Waals surface area contributed by atoms with Gasteiger partial charge in [-0.1, -0.05) is 30.3 Å². The molecule has 7 nitrogen and oxygen atoms in total. The second-order valence-corrected chi connectivity index (χ2v) is 8.75. The number of rotatable bonds is 4. The number of benzene rings is 1. The Kier molecular flexibility index (Phi) is 4.06. The molecule has 0 atom stereocenters. The molecule has 4 heterocycles. The summed E-state index contributed by atoms with van der Waals surface area (Å²) in [6.45, 7) is 3.37. The van der Waals surface area contributed by atoms with Gasteiger partial charge in [0.15, 0.2) is 5.65 Å². The lowest BCUT2D eigenvalue weighted by atomic mass is 9.95. The highest BCUT2D eigenvalue weighted by Crippen LogP contribution is 2.46. The van der Waals surface area contributed by atoms with E-state index in [-0.39, 0.29) is 17.4 Å². The molecular formula is C23H26N6O. The first-order chi connectivity index (χ1) is 14.7. The second kappa shape index (κ2) is 6.80. The lowest BCUT2D eigenvalue weighted by molar-refractivity contribution is -0.126. The van der Waals surface area contributed by atoms with Crippen LogP contribution >= 0.6 is 0 Å². The first-order valence-corrected chi connectivity index (χ1v) is 10.9. The van der Waals surface area contributed by atoms with Gasteiger partial charge in [-0.05, 0) is 31.4 Å². The fourth-order valence-electron chi connectivity index (χ4n) is 4.86. The molecule has 0 radical (unpaired) electrons. The quantitative estimate of drug-likeness (QED) is 0.694. The van der Waals surface area contributed by atoms with Crippen LogP contribution in [0.1, 0.15) is 29.7 Å². The third kappa shape index (κ3) is 2.88. The molecule has 1 saturated heterocycles. The Morgan fingerprint density at radius 3 is 2.70 bits per heavy atom. The minimum Gasteiger partial charge on any atom is -0.354 e. The Hall–Kier alpha value is -2.93. The van der Waals surface area contributed by atoms with Gasteiger partial charge in [-0.15, -0.1) is 0 Å². The standard InChI is InChI=1S/C23H26N6O/c30-21(27-23(9-10-23)17-4-2-1-3-5-17)16-14-28(15-16)22-18-6-11-24-12-7-19(18)26-20-8-13-25-29(20)22/h1-5,8,13,16,24H,6-7,9-12,14-15H2,(H,27,30). The van der Waals surface area contributed by atoms with E-state index in [1.165, 1.54) is 11.1 Å². The van der Waals surface area contributed by atoms with Gasteiger partial charge in [0.1, 0.15) is 5.82 Å². The van der Waals surface area contributed by atoms with E-state index < -0.39 is 0 Å². The number of carbonyl (C=O) groups excluding carboxylic acids is 1. The van der Waals surface area contributed by atoms with Gasteiger partial charge in [-0.2, -0.15) is 9.61 Å². The van der Waals surface area contributed by atoms with Crippen molar-refractivity contribution in [1.82, 2.24) is 25.2 Å². The molecule has 3 aromatic rings. The molecule has 154 valence electrons. The maximum atomic E-state index is 13.0. The van der Waals surface area contributed by atoms with Crippen LogP contribution in [0.3, 0.4) is 0 Å². The molecule has 0 spiro atoms. The van der Waals surface area contributed by atoms with Crippen LogP contribution in [0.25, 0.3) is 5.65 Å². The van der Waals surface area contributed by atoms with Crippen LogP contribution in [0.5, 0.6) is 0 Å². The summed E-state index contributed by atoms with van der Waals surface area (Å²) >= 11 is 0. The molecule has 1 aliphatic carbocycles. The molecule has 6 rings (SSSR count). The Morgan fingerprint density at radius 2 is 1.90 bits per heavy atom. The van der Waals surface area contributed by atoms with Crippen LogP contribution in [0.15, 0.2) is 42.6 Å². The van der Waals surface area contributed by atoms with E-state index in [1.54, 1.807) is 0 Å². The van der Waals surface area contributed by atoms with Gasteiger partial charge < -0.3 is 15.5 Å². The van der Waals surface area contributed by atoms with Crippen molar-refractivity contribution in [3.8, 4) is 0 Å². The first kappa shape index (κ1) is 17.9. The molecule has 1 amide bonds. The summed E-state index contributed by atoms with van der Waals surface area (Å²) in [5.74, 6) is 1.31. The summed E-state index contributed by atoms with van der Waals surface area (Å²) in [7, 11) is 0. The number of carbonyl (C=O) groups is 1. The van der Waals surface area contributed by atoms with Gasteiger partial charge in [0.05, 0.1) is 23.3 Å². The first-order valence-electron chi connectivity index (χ1n) is 10.9. The molecule has 1 aromatic carbocycles. The Bertz CT molecular complexity index is 1100. The molecule has 2 aromatic heterocycles. The molecular weight excluding hydrogens is 376 g/mol. The van der Waals surface area contributed by atoms with Gasteiger partial charge in [-0.25, -0.2) is 4.98 Å². The fraction of sp³-hybridized carbons (Fsp3) is 0.435. The van der Waals surface area contributed by atoms with Crippen LogP contribution in [0, 0.1) is 5.92 Å². The third-order valence-electron chi connectivity index (χ3n) is 6.77. The summed E-state index contributed by atoms with van der Waals surface area (Å²) in [6.07, 6.45) is 5.74. The molecule has 0 unspecified atom stereocenters. The lowest BCUT2D eigenvalue weighted by Crippen LogP contribution is -2.56. The molecule has 2 fully saturated rings. The lowest BCUT2D eigenvalue weighted by Gasteiger charge is -2.41. The van der Waals surface area contributed by atoms with Crippen molar-refractivity contribution in [3.63, 3.8) is 0 Å². The molecule has 7 heteroatoms. The molecule has 2 N–H and O–H groups in total. The summed E-state index contributed by atoms with van der Waals surface area (Å²) < 4.78 is 1.95. The highest BCUT2D eigenvalue weighted by Gasteiger charge is 2.48. The average molecular weight is 403 g/mol. The van der Waals surface area contributed by atoms with E-state index in [9.17, 15) is 4.79 Å². The van der Waals surface area contributed by atoms with E-state index >= 15 is 0 Å². The molecule has 3 aliphatic rings. The summed E-state index contributed by atoms with van der Waals surface area (Å²) in [5, 5.41) is 11.3. The summed E-state index contributed by atoms with van der Waals surface area (Å²) in [5.41, 5.74) is 4.40. The number of hydrogen-bond donors (Lipinski definition) is 2. The number of hydrogen-bond acceptors (Lipinski definition) is 5. The van der Waals surface area contributed by atoms with Crippen molar-refractivity contribution in [2.45, 2.75) is 31.2 Å². The van der Waals surface area contributed by atoms with Crippen molar-refractivity contribution in [2.75, 3.05) is 31.1 Å². The Balaban J connectivity index is 1.22. The zero-order chi connectivity index (χ0) is 20.1. The predicted octanol–water partition coefficient (Wildman–Crippen LogP) is 1.66. The second-order valence-electron chi connectivity index (χ2n) is 8.75. The normalized spacial score (nSPS) is 20.3. The van der Waals surface area contributed by atoms with Crippen molar-refractivity contribution in [3.05, 3.63) is 59.4 Å². The SMILES string of the molecule is O=C(NC1(c2ccccc2)CC1)C1CN(c2c3c(nc4ccnn24)CCNCC3)C1. The van der Waals surface area contributed by atoms with Crippen LogP contribution in [-0.2, 0) is 23.2 Å². The Morgan fingerprint density at radius 1 is 1.10 bits per heavy atom. The van der Waals surface area contributed by atoms with Gasteiger partial charge in [0, 0.05) is 37.7 Å². The number of aromatic nitrogens is 3. The average Bonchev–Trinajstić information content (AvgIpc) is 3.42. The van der Waals surface area contributed by atoms with Crippen LogP contribution in [0.4, 0.5) is 5.82 Å². The van der Waals surface area contributed by atoms with Crippen LogP contribution in [0.2, 0.25) is 0 Å². The van der Waals surface area contributed by atoms with Gasteiger partial charge in [0.2, 0.25) is 5.91 Å². The minimum absolute atomic E-state index is 0.0181. The third-order valence-corrected chi connectivity index (χ3v) is 6.77. The summed E-state index contributed by atoms with van der Waals surface area (Å²) in [4.78, 5) is 20.1. The van der Waals surface area contributed by atoms with Crippen LogP contribution < -0.4 is 15.5 Å². The van der Waals surface area contributed by atoms with Crippen molar-refractivity contribution < 1.29 is 4.79 Å². The van der Waals surface area contributed by atoms with E-state index in [1.807, 2.05) is 35.0 Å². The fourth-order valence-corrected chi connectivity index (χ4v) is 4.86. The Labute approximate surface area is 175 Å². The van der Waals surface area contributed by atoms with Gasteiger partial charge >= 0.3 is 0 Å². The highest BCUT2D eigenvalue weighted by molar-refractivity contribution is 5.83. The molecule has 30 heavy (non-hydrogen) atoms. The zero-order valence-electron chi connectivity index (χ0n) is 17.0. The predicted molar refractivity (Wildman–Crippen MR) is 114 cm³/mol. The van der Waals surface area contributed by atoms with E-state index in [2.05, 4.69) is 32.8 Å². The number of fused-ring (bicyclic) bond motifs is 2. The largest absolute Gasteiger partial charge is 0.354 e. The minimum atomic E-state index is -0.145. The monoisotopic (exact) mass is 402 g/mol. The number of amides is 1. The maximum absolute atomic E-state index is 13.0. The van der Waals surface area contributed by atoms with Crippen molar-refractivity contribution in [1.29, 1.82) is 0 Å². The summed E-state index contributed by atoms with van der Waals surface area (Å²) in [6, 6.07) is 12.3. The zero-order valence-corrected chi connectivity index (χ0v) is 17.0. The van der Waals surface area contributed by atoms with Gasteiger partial charge in [0.25, 0.3) is 0 Å². The van der Waals surface area contributed by atoms with Crippen LogP contribution in [-0.4, -0.2) is 46.7 Å². The molecule has 0 bridgehead atoms. The molecule has 1 saturated carbocycles. The van der Waals surface area contributed by atoms with E-state index in [0.29, 0.717) is 0 Å². The number of nitrogens with one attached hydrogen (secondary N) is 2. The van der Waals surface area contributed by atoms with E-state index in [0.717, 1.165) is 69.0 Å². The maximum Gasteiger partial charge on any atom is 0.227 e. The van der Waals surface area contributed by atoms with Crippen molar-refractivity contribution in [2.24, 2.45) is 5.92 Å². The number of nitrogens with zero attached hydrogens (tertiary/aromatic N) is 4. The smallest absolute Gasteiger partial charge is 0.227 e. The van der Waals surface area contributed by atoms with Crippen molar-refractivity contribution >= 4 is 17.4 Å². The van der Waals surface area contributed by atoms with Gasteiger partial charge in [-0.3, -0.25) is 4.79 Å². The topological polar surface area (TPSA) is 74.6 Å². The highest BCUT2D eigenvalue weighted by atomic mass is 16.2.